The summed E-state index contributed by atoms with van der Waals surface area (Å²) in [6, 6.07) is 0.302. The van der Waals surface area contributed by atoms with E-state index >= 15 is 0 Å². The maximum absolute atomic E-state index is 11.1. The van der Waals surface area contributed by atoms with E-state index in [0.717, 1.165) is 6.54 Å². The number of sulfone groups is 1. The minimum absolute atomic E-state index is 0.256. The van der Waals surface area contributed by atoms with Gasteiger partial charge in [0, 0.05) is 11.8 Å². The summed E-state index contributed by atoms with van der Waals surface area (Å²) in [6.45, 7) is 6.61. The Hall–Kier alpha value is -0.0900. The molecule has 0 radical (unpaired) electrons. The number of hydrogen-bond acceptors (Lipinski definition) is 3. The highest BCUT2D eigenvalue weighted by Crippen LogP contribution is 1.97. The molecule has 0 aliphatic heterocycles. The molecule has 3 nitrogen and oxygen atoms in total. The average molecular weight is 193 g/mol. The van der Waals surface area contributed by atoms with Crippen LogP contribution < -0.4 is 5.32 Å². The molecule has 0 saturated carbocycles. The number of rotatable bonds is 6. The number of nitrogens with one attached hydrogen (secondary N) is 1. The standard InChI is InChI=1S/C8H19NO2S/c1-4-9-8(3)6-7-12(10,11)5-2/h8-9H,4-7H2,1-3H3. The van der Waals surface area contributed by atoms with Gasteiger partial charge in [-0.3, -0.25) is 0 Å². The molecule has 0 rings (SSSR count). The van der Waals surface area contributed by atoms with E-state index in [0.29, 0.717) is 18.2 Å². The maximum Gasteiger partial charge on any atom is 0.150 e. The topological polar surface area (TPSA) is 46.2 Å². The molecule has 0 aromatic heterocycles. The van der Waals surface area contributed by atoms with E-state index in [1.165, 1.54) is 0 Å². The molecule has 0 fully saturated rings. The second-order valence-corrected chi connectivity index (χ2v) is 5.46. The summed E-state index contributed by atoms with van der Waals surface area (Å²) in [7, 11) is -2.77. The molecule has 0 aliphatic rings. The molecule has 0 aromatic carbocycles. The summed E-state index contributed by atoms with van der Waals surface area (Å²) >= 11 is 0. The van der Waals surface area contributed by atoms with E-state index in [-0.39, 0.29) is 5.75 Å². The van der Waals surface area contributed by atoms with Gasteiger partial charge in [0.05, 0.1) is 5.75 Å². The molecule has 0 saturated heterocycles. The molecule has 0 heterocycles. The molecule has 74 valence electrons. The van der Waals surface area contributed by atoms with Crippen molar-refractivity contribution in [2.45, 2.75) is 33.2 Å². The quantitative estimate of drug-likeness (QED) is 0.679. The fourth-order valence-electron chi connectivity index (χ4n) is 0.951. The normalized spacial score (nSPS) is 14.6. The first kappa shape index (κ1) is 11.9. The third-order valence-electron chi connectivity index (χ3n) is 1.85. The first-order valence-corrected chi connectivity index (χ1v) is 6.27. The molecule has 1 atom stereocenters. The lowest BCUT2D eigenvalue weighted by atomic mass is 10.3. The van der Waals surface area contributed by atoms with Gasteiger partial charge >= 0.3 is 0 Å². The van der Waals surface area contributed by atoms with Gasteiger partial charge in [0.1, 0.15) is 9.84 Å². The predicted octanol–water partition coefficient (Wildman–Crippen LogP) is 0.809. The highest BCUT2D eigenvalue weighted by molar-refractivity contribution is 7.91. The SMILES string of the molecule is CCNC(C)CCS(=O)(=O)CC. The van der Waals surface area contributed by atoms with Crippen LogP contribution in [0, 0.1) is 0 Å². The zero-order valence-corrected chi connectivity index (χ0v) is 8.95. The smallest absolute Gasteiger partial charge is 0.150 e. The van der Waals surface area contributed by atoms with Gasteiger partial charge in [-0.1, -0.05) is 13.8 Å². The van der Waals surface area contributed by atoms with Crippen LogP contribution in [0.5, 0.6) is 0 Å². The molecular weight excluding hydrogens is 174 g/mol. The average Bonchev–Trinajstić information content (AvgIpc) is 2.02. The summed E-state index contributed by atoms with van der Waals surface area (Å²) in [5.41, 5.74) is 0. The molecule has 0 aromatic rings. The van der Waals surface area contributed by atoms with Gasteiger partial charge in [-0.25, -0.2) is 8.42 Å². The van der Waals surface area contributed by atoms with Gasteiger partial charge in [0.15, 0.2) is 0 Å². The summed E-state index contributed by atoms with van der Waals surface area (Å²) in [5, 5.41) is 3.18. The van der Waals surface area contributed by atoms with Crippen LogP contribution in [-0.2, 0) is 9.84 Å². The second kappa shape index (κ2) is 5.54. The van der Waals surface area contributed by atoms with Gasteiger partial charge in [-0.2, -0.15) is 0 Å². The van der Waals surface area contributed by atoms with Crippen LogP contribution in [0.1, 0.15) is 27.2 Å². The van der Waals surface area contributed by atoms with E-state index < -0.39 is 9.84 Å². The van der Waals surface area contributed by atoms with Crippen molar-refractivity contribution < 1.29 is 8.42 Å². The van der Waals surface area contributed by atoms with Crippen LogP contribution in [0.2, 0.25) is 0 Å². The fourth-order valence-corrected chi connectivity index (χ4v) is 1.95. The van der Waals surface area contributed by atoms with Crippen LogP contribution in [0.3, 0.4) is 0 Å². The van der Waals surface area contributed by atoms with E-state index in [1.807, 2.05) is 13.8 Å². The lowest BCUT2D eigenvalue weighted by Crippen LogP contribution is -2.28. The summed E-state index contributed by atoms with van der Waals surface area (Å²) in [5.74, 6) is 0.559. The molecule has 0 bridgehead atoms. The molecule has 1 N–H and O–H groups in total. The Morgan fingerprint density at radius 3 is 2.33 bits per heavy atom. The van der Waals surface area contributed by atoms with Gasteiger partial charge in [0.2, 0.25) is 0 Å². The predicted molar refractivity (Wildman–Crippen MR) is 52.1 cm³/mol. The maximum atomic E-state index is 11.1. The zero-order valence-electron chi connectivity index (χ0n) is 8.13. The lowest BCUT2D eigenvalue weighted by molar-refractivity contribution is 0.541. The zero-order chi connectivity index (χ0) is 9.61. The highest BCUT2D eigenvalue weighted by atomic mass is 32.2. The van der Waals surface area contributed by atoms with E-state index in [9.17, 15) is 8.42 Å². The highest BCUT2D eigenvalue weighted by Gasteiger charge is 2.09. The minimum Gasteiger partial charge on any atom is -0.314 e. The molecule has 1 unspecified atom stereocenters. The van der Waals surface area contributed by atoms with Crippen molar-refractivity contribution in [3.63, 3.8) is 0 Å². The molecular formula is C8H19NO2S. The van der Waals surface area contributed by atoms with Crippen molar-refractivity contribution >= 4 is 9.84 Å². The van der Waals surface area contributed by atoms with E-state index in [4.69, 9.17) is 0 Å². The van der Waals surface area contributed by atoms with Crippen LogP contribution in [0.15, 0.2) is 0 Å². The van der Waals surface area contributed by atoms with Crippen molar-refractivity contribution in [2.75, 3.05) is 18.1 Å². The molecule has 0 amide bonds. The third kappa shape index (κ3) is 5.55. The van der Waals surface area contributed by atoms with Crippen molar-refractivity contribution in [1.29, 1.82) is 0 Å². The largest absolute Gasteiger partial charge is 0.314 e. The minimum atomic E-state index is -2.77. The Morgan fingerprint density at radius 1 is 1.33 bits per heavy atom. The first-order valence-electron chi connectivity index (χ1n) is 4.45. The molecule has 0 spiro atoms. The van der Waals surface area contributed by atoms with Crippen molar-refractivity contribution in [2.24, 2.45) is 0 Å². The Bertz CT molecular complexity index is 199. The third-order valence-corrected chi connectivity index (χ3v) is 3.59. The van der Waals surface area contributed by atoms with Crippen molar-refractivity contribution in [3.8, 4) is 0 Å². The van der Waals surface area contributed by atoms with E-state index in [2.05, 4.69) is 5.32 Å². The molecule has 12 heavy (non-hydrogen) atoms. The van der Waals surface area contributed by atoms with Crippen molar-refractivity contribution in [3.05, 3.63) is 0 Å². The lowest BCUT2D eigenvalue weighted by Gasteiger charge is -2.11. The monoisotopic (exact) mass is 193 g/mol. The Kier molecular flexibility index (Phi) is 5.50. The van der Waals surface area contributed by atoms with Crippen molar-refractivity contribution in [1.82, 2.24) is 5.32 Å². The Balaban J connectivity index is 3.68. The Morgan fingerprint density at radius 2 is 1.92 bits per heavy atom. The summed E-state index contributed by atoms with van der Waals surface area (Å²) in [4.78, 5) is 0. The molecule has 0 aliphatic carbocycles. The fraction of sp³-hybridized carbons (Fsp3) is 1.00. The van der Waals surface area contributed by atoms with Gasteiger partial charge in [0.25, 0.3) is 0 Å². The van der Waals surface area contributed by atoms with E-state index in [1.54, 1.807) is 6.92 Å². The van der Waals surface area contributed by atoms with Crippen LogP contribution in [0.25, 0.3) is 0 Å². The van der Waals surface area contributed by atoms with Crippen LogP contribution in [0.4, 0.5) is 0 Å². The van der Waals surface area contributed by atoms with Crippen LogP contribution >= 0.6 is 0 Å². The van der Waals surface area contributed by atoms with Crippen LogP contribution in [-0.4, -0.2) is 32.5 Å². The first-order chi connectivity index (χ1) is 5.52. The summed E-state index contributed by atoms with van der Waals surface area (Å²) < 4.78 is 22.2. The van der Waals surface area contributed by atoms with Gasteiger partial charge < -0.3 is 5.32 Å². The number of hydrogen-bond donors (Lipinski definition) is 1. The summed E-state index contributed by atoms with van der Waals surface area (Å²) in [6.07, 6.45) is 0.712. The second-order valence-electron chi connectivity index (χ2n) is 2.98. The van der Waals surface area contributed by atoms with Gasteiger partial charge in [-0.15, -0.1) is 0 Å². The Labute approximate surface area is 75.5 Å². The molecule has 4 heteroatoms. The van der Waals surface area contributed by atoms with Gasteiger partial charge in [-0.05, 0) is 19.9 Å².